The average Bonchev–Trinajstić information content (AvgIpc) is 3.88. The fourth-order valence-electron chi connectivity index (χ4n) is 7.45. The van der Waals surface area contributed by atoms with Gasteiger partial charge in [0.2, 0.25) is 23.6 Å². The van der Waals surface area contributed by atoms with Crippen LogP contribution in [0.1, 0.15) is 52.4 Å². The standard InChI is InChI=1S/C42H45FN10O9/c1-3-42(60)30-13-34-38-28(20-53(34)40(58)29(30)21-62-41(42)59)27(26-11-23(2)31(43)14-32(26)49-38)19-52-18-25(50-51-52)9-10-61-22-47-36(55)16-46-39(57)33(12-24-7-5-4-6-8-24)48-37(56)17-45-35(54)15-44/h4-8,11,13-14,18,33,60H,3,9-10,12,15-17,19-22,44H2,1-2H3,(H,45,54)(H,46,57)(H,47,55)(H,48,56)/t33-,42-/m0/s1. The lowest BCUT2D eigenvalue weighted by Crippen LogP contribution is -2.52. The molecule has 0 spiro atoms. The number of rotatable bonds is 17. The molecule has 0 bridgehead atoms. The first-order valence-electron chi connectivity index (χ1n) is 19.9. The number of fused-ring (bicyclic) bond motifs is 5. The van der Waals surface area contributed by atoms with Crippen LogP contribution < -0.4 is 32.6 Å². The molecule has 5 heterocycles. The highest BCUT2D eigenvalue weighted by molar-refractivity contribution is 5.92. The Hall–Kier alpha value is -6.90. The molecule has 2 aliphatic heterocycles. The van der Waals surface area contributed by atoms with Crippen LogP contribution in [-0.4, -0.2) is 98.3 Å². The second-order valence-corrected chi connectivity index (χ2v) is 15.0. The third-order valence-corrected chi connectivity index (χ3v) is 10.9. The van der Waals surface area contributed by atoms with Gasteiger partial charge in [-0.15, -0.1) is 5.10 Å². The van der Waals surface area contributed by atoms with E-state index in [1.807, 2.05) is 6.07 Å². The summed E-state index contributed by atoms with van der Waals surface area (Å²) in [6, 6.07) is 12.6. The van der Waals surface area contributed by atoms with E-state index >= 15 is 0 Å². The molecule has 0 unspecified atom stereocenters. The molecule has 19 nitrogen and oxygen atoms in total. The first kappa shape index (κ1) is 43.2. The van der Waals surface area contributed by atoms with E-state index in [9.17, 15) is 38.3 Å². The summed E-state index contributed by atoms with van der Waals surface area (Å²) >= 11 is 0. The van der Waals surface area contributed by atoms with Crippen molar-refractivity contribution in [3.8, 4) is 11.4 Å². The number of pyridine rings is 2. The zero-order valence-corrected chi connectivity index (χ0v) is 34.0. The molecule has 0 fully saturated rings. The van der Waals surface area contributed by atoms with Crippen LogP contribution in [0.3, 0.4) is 0 Å². The molecule has 324 valence electrons. The van der Waals surface area contributed by atoms with Crippen molar-refractivity contribution in [1.82, 2.24) is 45.8 Å². The Morgan fingerprint density at radius 1 is 1.03 bits per heavy atom. The van der Waals surface area contributed by atoms with Crippen LogP contribution in [-0.2, 0) is 71.6 Å². The van der Waals surface area contributed by atoms with Crippen LogP contribution in [0.15, 0.2) is 59.5 Å². The van der Waals surface area contributed by atoms with Gasteiger partial charge in [-0.2, -0.15) is 0 Å². The van der Waals surface area contributed by atoms with Gasteiger partial charge in [0.15, 0.2) is 5.60 Å². The maximum atomic E-state index is 14.9. The number of carbonyl (C=O) groups is 5. The van der Waals surface area contributed by atoms with E-state index in [-0.39, 0.29) is 70.1 Å². The monoisotopic (exact) mass is 852 g/mol. The van der Waals surface area contributed by atoms with Crippen molar-refractivity contribution >= 4 is 40.5 Å². The molecule has 7 N–H and O–H groups in total. The highest BCUT2D eigenvalue weighted by atomic mass is 19.1. The Labute approximate surface area is 353 Å². The molecule has 7 rings (SSSR count). The van der Waals surface area contributed by atoms with Gasteiger partial charge in [0.1, 0.15) is 25.2 Å². The van der Waals surface area contributed by atoms with Gasteiger partial charge in [0.05, 0.1) is 67.5 Å². The van der Waals surface area contributed by atoms with E-state index in [0.717, 1.165) is 11.1 Å². The molecule has 62 heavy (non-hydrogen) atoms. The second kappa shape index (κ2) is 18.4. The number of carbonyl (C=O) groups excluding carboxylic acids is 5. The number of aliphatic hydroxyl groups is 1. The summed E-state index contributed by atoms with van der Waals surface area (Å²) in [6.45, 7) is 2.26. The molecule has 0 saturated heterocycles. The number of halogens is 1. The Morgan fingerprint density at radius 2 is 1.81 bits per heavy atom. The lowest BCUT2D eigenvalue weighted by Gasteiger charge is -2.31. The Bertz CT molecular complexity index is 2630. The second-order valence-electron chi connectivity index (χ2n) is 15.0. The van der Waals surface area contributed by atoms with Gasteiger partial charge in [-0.05, 0) is 42.2 Å². The third-order valence-electron chi connectivity index (χ3n) is 10.9. The number of esters is 1. The molecule has 0 aliphatic carbocycles. The highest BCUT2D eigenvalue weighted by Crippen LogP contribution is 2.40. The number of nitrogens with one attached hydrogen (secondary N) is 4. The Kier molecular flexibility index (Phi) is 12.8. The fourth-order valence-corrected chi connectivity index (χ4v) is 7.45. The summed E-state index contributed by atoms with van der Waals surface area (Å²) < 4.78 is 28.8. The fraction of sp³-hybridized carbons (Fsp3) is 0.357. The molecule has 20 heteroatoms. The van der Waals surface area contributed by atoms with Crippen LogP contribution in [0, 0.1) is 12.7 Å². The topological polar surface area (TPSA) is 264 Å². The summed E-state index contributed by atoms with van der Waals surface area (Å²) in [7, 11) is 0. The summed E-state index contributed by atoms with van der Waals surface area (Å²) in [6.07, 6.45) is 2.18. The molecule has 2 aliphatic rings. The smallest absolute Gasteiger partial charge is 0.343 e. The zero-order valence-electron chi connectivity index (χ0n) is 34.0. The van der Waals surface area contributed by atoms with E-state index in [1.54, 1.807) is 61.1 Å². The number of aromatic nitrogens is 5. The van der Waals surface area contributed by atoms with Crippen molar-refractivity contribution in [3.63, 3.8) is 0 Å². The maximum absolute atomic E-state index is 14.9. The van der Waals surface area contributed by atoms with Crippen LogP contribution in [0.4, 0.5) is 4.39 Å². The molecule has 2 atom stereocenters. The normalized spacial score (nSPS) is 15.5. The molecule has 0 radical (unpaired) electrons. The number of aryl methyl sites for hydroxylation is 1. The van der Waals surface area contributed by atoms with Crippen molar-refractivity contribution in [3.05, 3.63) is 110 Å². The minimum absolute atomic E-state index is 0.00910. The Morgan fingerprint density at radius 3 is 2.56 bits per heavy atom. The van der Waals surface area contributed by atoms with Crippen LogP contribution in [0.25, 0.3) is 22.3 Å². The minimum Gasteiger partial charge on any atom is -0.458 e. The Balaban J connectivity index is 0.961. The third kappa shape index (κ3) is 9.06. The number of hydrogen-bond donors (Lipinski definition) is 6. The molecule has 4 amide bonds. The minimum atomic E-state index is -2.00. The molecule has 0 saturated carbocycles. The van der Waals surface area contributed by atoms with E-state index < -0.39 is 59.2 Å². The lowest BCUT2D eigenvalue weighted by molar-refractivity contribution is -0.172. The average molecular weight is 853 g/mol. The predicted octanol–water partition coefficient (Wildman–Crippen LogP) is -0.282. The van der Waals surface area contributed by atoms with Gasteiger partial charge in [-0.25, -0.2) is 18.9 Å². The largest absolute Gasteiger partial charge is 0.458 e. The molecule has 5 aromatic rings. The zero-order chi connectivity index (χ0) is 44.1. The van der Waals surface area contributed by atoms with Crippen LogP contribution in [0.5, 0.6) is 0 Å². The summed E-state index contributed by atoms with van der Waals surface area (Å²) in [5, 5.41) is 30.5. The van der Waals surface area contributed by atoms with E-state index in [0.29, 0.717) is 45.5 Å². The number of amides is 4. The number of benzene rings is 2. The molecule has 3 aromatic heterocycles. The molecule has 2 aromatic carbocycles. The summed E-state index contributed by atoms with van der Waals surface area (Å²) in [4.78, 5) is 80.7. The van der Waals surface area contributed by atoms with Gasteiger partial charge in [-0.1, -0.05) is 42.5 Å². The lowest BCUT2D eigenvalue weighted by atomic mass is 9.86. The SMILES string of the molecule is CC[C@@]1(O)C(=O)OCc2c1cc1n(c2=O)Cc2c-1nc1cc(F)c(C)cc1c2Cn1cc(CCOCNC(=O)CNC(=O)[C@H](Cc2ccccc2)NC(=O)CNC(=O)CN)nn1. The number of nitrogens with zero attached hydrogens (tertiary/aromatic N) is 5. The number of nitrogens with two attached hydrogens (primary N) is 1. The van der Waals surface area contributed by atoms with Crippen molar-refractivity contribution in [2.45, 2.75) is 64.4 Å². The van der Waals surface area contributed by atoms with Crippen molar-refractivity contribution in [2.75, 3.05) is 33.0 Å². The maximum Gasteiger partial charge on any atom is 0.343 e. The molecular weight excluding hydrogens is 808 g/mol. The molecular formula is C42H45FN10O9. The first-order valence-corrected chi connectivity index (χ1v) is 19.9. The van der Waals surface area contributed by atoms with Gasteiger partial charge in [-0.3, -0.25) is 24.0 Å². The number of ether oxygens (including phenoxy) is 2. The summed E-state index contributed by atoms with van der Waals surface area (Å²) in [5.41, 5.74) is 7.55. The summed E-state index contributed by atoms with van der Waals surface area (Å²) in [5.74, 6) is -3.56. The van der Waals surface area contributed by atoms with Crippen LogP contribution in [0.2, 0.25) is 0 Å². The number of hydrogen-bond acceptors (Lipinski definition) is 13. The van der Waals surface area contributed by atoms with Gasteiger partial charge in [0, 0.05) is 41.6 Å². The van der Waals surface area contributed by atoms with Gasteiger partial charge < -0.3 is 46.1 Å². The van der Waals surface area contributed by atoms with Crippen molar-refractivity contribution in [1.29, 1.82) is 0 Å². The van der Waals surface area contributed by atoms with E-state index in [2.05, 4.69) is 31.6 Å². The van der Waals surface area contributed by atoms with Crippen LogP contribution >= 0.6 is 0 Å². The van der Waals surface area contributed by atoms with Crippen molar-refractivity contribution in [2.24, 2.45) is 5.73 Å². The van der Waals surface area contributed by atoms with Crippen molar-refractivity contribution < 1.29 is 42.9 Å². The number of cyclic esters (lactones) is 1. The highest BCUT2D eigenvalue weighted by Gasteiger charge is 2.45. The van der Waals surface area contributed by atoms with Gasteiger partial charge >= 0.3 is 5.97 Å². The first-order chi connectivity index (χ1) is 29.8. The van der Waals surface area contributed by atoms with Gasteiger partial charge in [0.25, 0.3) is 5.56 Å². The predicted molar refractivity (Wildman–Crippen MR) is 218 cm³/mol. The van der Waals surface area contributed by atoms with E-state index in [4.69, 9.17) is 20.2 Å². The quantitative estimate of drug-likeness (QED) is 0.0392. The van der Waals surface area contributed by atoms with E-state index in [1.165, 1.54) is 10.6 Å².